The molecular formula is C17H29FN2. The van der Waals surface area contributed by atoms with Crippen LogP contribution >= 0.6 is 0 Å². The molecule has 2 nitrogen and oxygen atoms in total. The zero-order valence-corrected chi connectivity index (χ0v) is 13.8. The van der Waals surface area contributed by atoms with E-state index in [-0.39, 0.29) is 11.4 Å². The minimum absolute atomic E-state index is 0.0430. The van der Waals surface area contributed by atoms with E-state index in [2.05, 4.69) is 51.8 Å². The largest absolute Gasteiger partial charge is 0.367 e. The Hall–Kier alpha value is -1.09. The van der Waals surface area contributed by atoms with Crippen LogP contribution in [-0.2, 0) is 6.54 Å². The van der Waals surface area contributed by atoms with E-state index in [1.807, 2.05) is 12.1 Å². The van der Waals surface area contributed by atoms with Gasteiger partial charge in [-0.1, -0.05) is 13.0 Å². The van der Waals surface area contributed by atoms with Crippen LogP contribution in [0.1, 0.15) is 53.5 Å². The summed E-state index contributed by atoms with van der Waals surface area (Å²) in [4.78, 5) is 2.12. The van der Waals surface area contributed by atoms with Gasteiger partial charge in [0.1, 0.15) is 5.82 Å². The molecule has 3 heteroatoms. The molecule has 1 atom stereocenters. The van der Waals surface area contributed by atoms with Gasteiger partial charge in [-0.2, -0.15) is 0 Å². The third kappa shape index (κ3) is 4.78. The summed E-state index contributed by atoms with van der Waals surface area (Å²) in [6, 6.07) is 5.93. The van der Waals surface area contributed by atoms with Crippen LogP contribution in [0.2, 0.25) is 0 Å². The maximum atomic E-state index is 14.3. The lowest BCUT2D eigenvalue weighted by atomic mass is 10.1. The normalized spacial score (nSPS) is 13.3. The molecule has 0 saturated carbocycles. The topological polar surface area (TPSA) is 15.3 Å². The maximum absolute atomic E-state index is 14.3. The van der Waals surface area contributed by atoms with Crippen LogP contribution in [-0.4, -0.2) is 18.1 Å². The summed E-state index contributed by atoms with van der Waals surface area (Å²) in [5, 5.41) is 3.38. The molecule has 20 heavy (non-hydrogen) atoms. The van der Waals surface area contributed by atoms with Gasteiger partial charge in [0.25, 0.3) is 0 Å². The first-order valence-corrected chi connectivity index (χ1v) is 7.58. The van der Waals surface area contributed by atoms with Crippen LogP contribution in [0.4, 0.5) is 10.1 Å². The molecule has 1 aromatic rings. The van der Waals surface area contributed by atoms with Crippen molar-refractivity contribution in [3.05, 3.63) is 29.6 Å². The molecule has 114 valence electrons. The molecule has 1 N–H and O–H groups in total. The second-order valence-electron chi connectivity index (χ2n) is 6.43. The molecule has 0 radical (unpaired) electrons. The fraction of sp³-hybridized carbons (Fsp3) is 0.647. The highest BCUT2D eigenvalue weighted by Gasteiger charge is 2.16. The van der Waals surface area contributed by atoms with E-state index in [0.717, 1.165) is 18.5 Å². The van der Waals surface area contributed by atoms with Crippen molar-refractivity contribution in [2.24, 2.45) is 0 Å². The Kier molecular flexibility index (Phi) is 6.00. The van der Waals surface area contributed by atoms with Gasteiger partial charge in [0.2, 0.25) is 0 Å². The van der Waals surface area contributed by atoms with Gasteiger partial charge in [0.05, 0.1) is 5.69 Å². The number of rotatable bonds is 6. The Morgan fingerprint density at radius 3 is 2.35 bits per heavy atom. The summed E-state index contributed by atoms with van der Waals surface area (Å²) in [7, 11) is 0. The van der Waals surface area contributed by atoms with Gasteiger partial charge < -0.3 is 10.2 Å². The van der Waals surface area contributed by atoms with Crippen LogP contribution in [0.25, 0.3) is 0 Å². The van der Waals surface area contributed by atoms with Crippen molar-refractivity contribution in [1.82, 2.24) is 5.32 Å². The van der Waals surface area contributed by atoms with E-state index >= 15 is 0 Å². The molecule has 0 amide bonds. The quantitative estimate of drug-likeness (QED) is 0.834. The average Bonchev–Trinajstić information content (AvgIpc) is 2.38. The zero-order chi connectivity index (χ0) is 15.3. The predicted octanol–water partition coefficient (Wildman–Crippen LogP) is 4.34. The van der Waals surface area contributed by atoms with Crippen LogP contribution in [0.5, 0.6) is 0 Å². The molecule has 0 fully saturated rings. The van der Waals surface area contributed by atoms with Gasteiger partial charge in [-0.3, -0.25) is 0 Å². The van der Waals surface area contributed by atoms with Gasteiger partial charge in [-0.05, 0) is 58.7 Å². The lowest BCUT2D eigenvalue weighted by Crippen LogP contribution is -2.35. The molecule has 1 rings (SSSR count). The van der Waals surface area contributed by atoms with Crippen LogP contribution in [0.15, 0.2) is 18.2 Å². The second-order valence-corrected chi connectivity index (χ2v) is 6.43. The molecule has 0 aliphatic rings. The van der Waals surface area contributed by atoms with E-state index in [9.17, 15) is 4.39 Å². The van der Waals surface area contributed by atoms with Crippen molar-refractivity contribution in [2.45, 2.75) is 66.1 Å². The number of nitrogens with one attached hydrogen (secondary N) is 1. The molecule has 0 saturated heterocycles. The fourth-order valence-corrected chi connectivity index (χ4v) is 2.20. The smallest absolute Gasteiger partial charge is 0.146 e. The summed E-state index contributed by atoms with van der Waals surface area (Å²) >= 11 is 0. The lowest BCUT2D eigenvalue weighted by molar-refractivity contribution is 0.423. The van der Waals surface area contributed by atoms with E-state index in [1.54, 1.807) is 6.07 Å². The SMILES string of the molecule is CCC(C)N(CC)c1ccc(CNC(C)(C)C)cc1F. The first-order chi connectivity index (χ1) is 9.28. The summed E-state index contributed by atoms with van der Waals surface area (Å²) in [5.41, 5.74) is 1.74. The fourth-order valence-electron chi connectivity index (χ4n) is 2.20. The maximum Gasteiger partial charge on any atom is 0.146 e. The van der Waals surface area contributed by atoms with Crippen molar-refractivity contribution in [2.75, 3.05) is 11.4 Å². The Balaban J connectivity index is 2.87. The van der Waals surface area contributed by atoms with Crippen molar-refractivity contribution in [3.63, 3.8) is 0 Å². The number of halogens is 1. The highest BCUT2D eigenvalue weighted by molar-refractivity contribution is 5.50. The van der Waals surface area contributed by atoms with Crippen LogP contribution < -0.4 is 10.2 Å². The molecule has 0 aliphatic carbocycles. The number of hydrogen-bond donors (Lipinski definition) is 1. The molecule has 1 unspecified atom stereocenters. The predicted molar refractivity (Wildman–Crippen MR) is 85.8 cm³/mol. The minimum atomic E-state index is -0.125. The third-order valence-electron chi connectivity index (χ3n) is 3.61. The molecular weight excluding hydrogens is 251 g/mol. The van der Waals surface area contributed by atoms with Gasteiger partial charge in [0, 0.05) is 24.7 Å². The molecule has 0 aliphatic heterocycles. The third-order valence-corrected chi connectivity index (χ3v) is 3.61. The van der Waals surface area contributed by atoms with Crippen LogP contribution in [0, 0.1) is 5.82 Å². The van der Waals surface area contributed by atoms with Crippen molar-refractivity contribution in [3.8, 4) is 0 Å². The number of anilines is 1. The molecule has 0 heterocycles. The molecule has 0 bridgehead atoms. The molecule has 0 spiro atoms. The zero-order valence-electron chi connectivity index (χ0n) is 13.8. The molecule has 0 aromatic heterocycles. The van der Waals surface area contributed by atoms with Gasteiger partial charge >= 0.3 is 0 Å². The first kappa shape index (κ1) is 17.0. The summed E-state index contributed by atoms with van der Waals surface area (Å²) in [6.45, 7) is 14.2. The lowest BCUT2D eigenvalue weighted by Gasteiger charge is -2.30. The van der Waals surface area contributed by atoms with E-state index < -0.39 is 0 Å². The van der Waals surface area contributed by atoms with Crippen molar-refractivity contribution < 1.29 is 4.39 Å². The van der Waals surface area contributed by atoms with Crippen molar-refractivity contribution in [1.29, 1.82) is 0 Å². The van der Waals surface area contributed by atoms with Crippen LogP contribution in [0.3, 0.4) is 0 Å². The van der Waals surface area contributed by atoms with Crippen molar-refractivity contribution >= 4 is 5.69 Å². The van der Waals surface area contributed by atoms with Gasteiger partial charge in [-0.15, -0.1) is 0 Å². The van der Waals surface area contributed by atoms with E-state index in [4.69, 9.17) is 0 Å². The first-order valence-electron chi connectivity index (χ1n) is 7.58. The summed E-state index contributed by atoms with van der Waals surface area (Å²) in [6.07, 6.45) is 1.01. The van der Waals surface area contributed by atoms with Gasteiger partial charge in [-0.25, -0.2) is 4.39 Å². The number of nitrogens with zero attached hydrogens (tertiary/aromatic N) is 1. The Morgan fingerprint density at radius 2 is 1.90 bits per heavy atom. The number of benzene rings is 1. The van der Waals surface area contributed by atoms with Gasteiger partial charge in [0.15, 0.2) is 0 Å². The Morgan fingerprint density at radius 1 is 1.25 bits per heavy atom. The van der Waals surface area contributed by atoms with E-state index in [0.29, 0.717) is 18.3 Å². The highest BCUT2D eigenvalue weighted by atomic mass is 19.1. The standard InChI is InChI=1S/C17H29FN2/c1-7-13(3)20(8-2)16-10-9-14(11-15(16)18)12-19-17(4,5)6/h9-11,13,19H,7-8,12H2,1-6H3. The minimum Gasteiger partial charge on any atom is -0.367 e. The average molecular weight is 280 g/mol. The van der Waals surface area contributed by atoms with E-state index in [1.165, 1.54) is 0 Å². The molecule has 1 aromatic carbocycles. The monoisotopic (exact) mass is 280 g/mol. The number of hydrogen-bond acceptors (Lipinski definition) is 2. The Bertz CT molecular complexity index is 423. The Labute approximate surface area is 123 Å². The summed E-state index contributed by atoms with van der Waals surface area (Å²) < 4.78 is 14.3. The highest BCUT2D eigenvalue weighted by Crippen LogP contribution is 2.23. The summed E-state index contributed by atoms with van der Waals surface area (Å²) in [5.74, 6) is -0.125. The second kappa shape index (κ2) is 7.07.